The molecule has 0 unspecified atom stereocenters. The number of hydrogen-bond donors (Lipinski definition) is 1. The third kappa shape index (κ3) is 5.59. The van der Waals surface area contributed by atoms with E-state index < -0.39 is 0 Å². The fraction of sp³-hybridized carbons (Fsp3) is 0.219. The Balaban J connectivity index is 1.26. The van der Waals surface area contributed by atoms with Crippen molar-refractivity contribution in [2.45, 2.75) is 44.5 Å². The van der Waals surface area contributed by atoms with Crippen LogP contribution in [0.2, 0.25) is 0 Å². The van der Waals surface area contributed by atoms with Crippen LogP contribution in [0.3, 0.4) is 0 Å². The highest BCUT2D eigenvalue weighted by Crippen LogP contribution is 2.41. The number of benzene rings is 3. The van der Waals surface area contributed by atoms with Crippen LogP contribution in [-0.2, 0) is 29.3 Å². The van der Waals surface area contributed by atoms with Gasteiger partial charge in [0.05, 0.1) is 31.7 Å². The van der Waals surface area contributed by atoms with E-state index in [2.05, 4.69) is 45.8 Å². The van der Waals surface area contributed by atoms with E-state index in [-0.39, 0.29) is 24.2 Å². The average molecular weight is 534 g/mol. The van der Waals surface area contributed by atoms with Crippen molar-refractivity contribution >= 4 is 17.1 Å². The van der Waals surface area contributed by atoms with Crippen molar-refractivity contribution in [2.75, 3.05) is 5.73 Å². The Kier molecular flexibility index (Phi) is 7.52. The van der Waals surface area contributed by atoms with Gasteiger partial charge in [-0.1, -0.05) is 97.6 Å². The van der Waals surface area contributed by atoms with Gasteiger partial charge in [0.2, 0.25) is 11.8 Å². The number of nitrogens with two attached hydrogens (primary N) is 1. The van der Waals surface area contributed by atoms with Gasteiger partial charge in [0.1, 0.15) is 12.7 Å². The molecule has 202 valence electrons. The van der Waals surface area contributed by atoms with E-state index in [0.29, 0.717) is 43.3 Å². The zero-order valence-corrected chi connectivity index (χ0v) is 22.1. The first kappa shape index (κ1) is 25.7. The molecule has 40 heavy (non-hydrogen) atoms. The quantitative estimate of drug-likeness (QED) is 0.231. The van der Waals surface area contributed by atoms with Gasteiger partial charge >= 0.3 is 0 Å². The lowest BCUT2D eigenvalue weighted by atomic mass is 10.1. The van der Waals surface area contributed by atoms with Crippen LogP contribution in [0.1, 0.15) is 29.2 Å². The highest BCUT2D eigenvalue weighted by Gasteiger charge is 2.41. The normalized spacial score (nSPS) is 18.8. The minimum Gasteiger partial charge on any atom is -0.471 e. The Morgan fingerprint density at radius 1 is 0.775 bits per heavy atom. The second-order valence-electron chi connectivity index (χ2n) is 9.86. The summed E-state index contributed by atoms with van der Waals surface area (Å²) in [5.41, 5.74) is 11.4. The van der Waals surface area contributed by atoms with E-state index in [9.17, 15) is 0 Å². The van der Waals surface area contributed by atoms with E-state index in [0.717, 1.165) is 22.3 Å². The zero-order valence-electron chi connectivity index (χ0n) is 22.1. The molecule has 1 aliphatic carbocycles. The molecule has 0 saturated heterocycles. The Morgan fingerprint density at radius 2 is 1.35 bits per heavy atom. The van der Waals surface area contributed by atoms with Gasteiger partial charge in [0.25, 0.3) is 0 Å². The molecule has 2 aromatic heterocycles. The van der Waals surface area contributed by atoms with Gasteiger partial charge in [-0.3, -0.25) is 0 Å². The van der Waals surface area contributed by atoms with Crippen molar-refractivity contribution in [3.05, 3.63) is 126 Å². The van der Waals surface area contributed by atoms with E-state index in [1.165, 1.54) is 0 Å². The summed E-state index contributed by atoms with van der Waals surface area (Å²) in [4.78, 5) is 13.5. The predicted molar refractivity (Wildman–Crippen MR) is 153 cm³/mol. The number of hydrogen-bond acceptors (Lipinski definition) is 7. The van der Waals surface area contributed by atoms with Gasteiger partial charge in [-0.25, -0.2) is 4.98 Å². The average Bonchev–Trinajstić information content (AvgIpc) is 3.55. The maximum absolute atomic E-state index is 6.44. The Labute approximate surface area is 233 Å². The lowest BCUT2D eigenvalue weighted by Gasteiger charge is -2.21. The molecule has 0 radical (unpaired) electrons. The SMILES string of the molecule is C=C1[C@@H](OCc2ccccc2)[C@@H](OCc2ccccc2)C[C@@H]1n1cnc2c(OCc3ccccc3)nc(N)nc21. The first-order valence-corrected chi connectivity index (χ1v) is 13.3. The molecule has 6 rings (SSSR count). The van der Waals surface area contributed by atoms with Crippen LogP contribution in [0.15, 0.2) is 109 Å². The molecule has 0 spiro atoms. The summed E-state index contributed by atoms with van der Waals surface area (Å²) in [6, 6.07) is 30.0. The van der Waals surface area contributed by atoms with Crippen molar-refractivity contribution in [1.29, 1.82) is 0 Å². The Morgan fingerprint density at radius 3 is 1.98 bits per heavy atom. The fourth-order valence-corrected chi connectivity index (χ4v) is 5.08. The summed E-state index contributed by atoms with van der Waals surface area (Å²) in [7, 11) is 0. The van der Waals surface area contributed by atoms with Gasteiger partial charge in [0, 0.05) is 6.42 Å². The van der Waals surface area contributed by atoms with E-state index in [1.54, 1.807) is 6.33 Å². The van der Waals surface area contributed by atoms with Crippen LogP contribution in [0.25, 0.3) is 11.2 Å². The third-order valence-electron chi connectivity index (χ3n) is 7.13. The molecule has 0 amide bonds. The molecule has 2 heterocycles. The second-order valence-corrected chi connectivity index (χ2v) is 9.86. The molecule has 2 N–H and O–H groups in total. The van der Waals surface area contributed by atoms with E-state index in [4.69, 9.17) is 19.9 Å². The van der Waals surface area contributed by atoms with Crippen molar-refractivity contribution in [1.82, 2.24) is 19.5 Å². The zero-order chi connectivity index (χ0) is 27.3. The fourth-order valence-electron chi connectivity index (χ4n) is 5.08. The van der Waals surface area contributed by atoms with Crippen molar-refractivity contribution in [3.8, 4) is 5.88 Å². The van der Waals surface area contributed by atoms with E-state index in [1.807, 2.05) is 71.3 Å². The number of anilines is 1. The molecule has 1 saturated carbocycles. The van der Waals surface area contributed by atoms with Crippen LogP contribution < -0.4 is 10.5 Å². The van der Waals surface area contributed by atoms with Crippen molar-refractivity contribution < 1.29 is 14.2 Å². The van der Waals surface area contributed by atoms with Crippen LogP contribution in [-0.4, -0.2) is 31.7 Å². The molecule has 0 bridgehead atoms. The summed E-state index contributed by atoms with van der Waals surface area (Å²) in [5.74, 6) is 0.470. The summed E-state index contributed by atoms with van der Waals surface area (Å²) in [6.07, 6.45) is 1.89. The lowest BCUT2D eigenvalue weighted by Crippen LogP contribution is -2.27. The molecule has 0 aliphatic heterocycles. The highest BCUT2D eigenvalue weighted by molar-refractivity contribution is 5.78. The summed E-state index contributed by atoms with van der Waals surface area (Å²) >= 11 is 0. The number of ether oxygens (including phenoxy) is 3. The van der Waals surface area contributed by atoms with Crippen LogP contribution in [0, 0.1) is 0 Å². The molecular formula is C32H31N5O3. The largest absolute Gasteiger partial charge is 0.471 e. The topological polar surface area (TPSA) is 97.3 Å². The monoisotopic (exact) mass is 533 g/mol. The van der Waals surface area contributed by atoms with Gasteiger partial charge in [0.15, 0.2) is 11.2 Å². The van der Waals surface area contributed by atoms with Gasteiger partial charge in [-0.15, -0.1) is 0 Å². The first-order valence-electron chi connectivity index (χ1n) is 13.3. The molecule has 8 heteroatoms. The Hall–Kier alpha value is -4.53. The predicted octanol–water partition coefficient (Wildman–Crippen LogP) is 5.66. The second kappa shape index (κ2) is 11.7. The number of aromatic nitrogens is 4. The maximum atomic E-state index is 6.44. The minimum absolute atomic E-state index is 0.120. The minimum atomic E-state index is -0.306. The van der Waals surface area contributed by atoms with Crippen molar-refractivity contribution in [3.63, 3.8) is 0 Å². The Bertz CT molecular complexity index is 1570. The van der Waals surface area contributed by atoms with Crippen molar-refractivity contribution in [2.24, 2.45) is 0 Å². The molecule has 5 aromatic rings. The molecule has 3 atom stereocenters. The number of nitrogen functional groups attached to an aromatic ring is 1. The first-order chi connectivity index (χ1) is 19.7. The van der Waals surface area contributed by atoms with Crippen LogP contribution >= 0.6 is 0 Å². The maximum Gasteiger partial charge on any atom is 0.247 e. The smallest absolute Gasteiger partial charge is 0.247 e. The molecule has 1 aliphatic rings. The van der Waals surface area contributed by atoms with Gasteiger partial charge in [-0.2, -0.15) is 9.97 Å². The number of fused-ring (bicyclic) bond motifs is 1. The van der Waals surface area contributed by atoms with Crippen LogP contribution in [0.5, 0.6) is 5.88 Å². The van der Waals surface area contributed by atoms with Gasteiger partial charge < -0.3 is 24.5 Å². The molecule has 1 fully saturated rings. The summed E-state index contributed by atoms with van der Waals surface area (Å²) < 4.78 is 20.9. The standard InChI is InChI=1S/C32H31N5O3/c1-22-26(37-21-34-28-30(37)35-32(33)36-31(28)40-20-25-15-9-4-10-16-25)17-27(38-18-23-11-5-2-6-12-23)29(22)39-19-24-13-7-3-8-14-24/h2-16,21,26-27,29H,1,17-20H2,(H2,33,35,36)/t26-,27-,29+/m0/s1. The summed E-state index contributed by atoms with van der Waals surface area (Å²) in [5, 5.41) is 0. The number of rotatable bonds is 10. The van der Waals surface area contributed by atoms with Crippen LogP contribution in [0.4, 0.5) is 5.95 Å². The molecule has 8 nitrogen and oxygen atoms in total. The lowest BCUT2D eigenvalue weighted by molar-refractivity contribution is -0.0568. The number of nitrogens with zero attached hydrogens (tertiary/aromatic N) is 4. The van der Waals surface area contributed by atoms with E-state index >= 15 is 0 Å². The number of imidazole rings is 1. The third-order valence-corrected chi connectivity index (χ3v) is 7.13. The highest BCUT2D eigenvalue weighted by atomic mass is 16.5. The molecular weight excluding hydrogens is 502 g/mol. The summed E-state index contributed by atoms with van der Waals surface area (Å²) in [6.45, 7) is 5.74. The molecule has 3 aromatic carbocycles. The van der Waals surface area contributed by atoms with Gasteiger partial charge in [-0.05, 0) is 22.3 Å².